The first-order valence-electron chi connectivity index (χ1n) is 7.44. The third-order valence-electron chi connectivity index (χ3n) is 3.68. The van der Waals surface area contributed by atoms with Gasteiger partial charge in [-0.15, -0.1) is 11.8 Å². The molecule has 1 heterocycles. The van der Waals surface area contributed by atoms with Crippen LogP contribution < -0.4 is 4.72 Å². The average molecular weight is 360 g/mol. The van der Waals surface area contributed by atoms with E-state index in [-0.39, 0.29) is 17.6 Å². The van der Waals surface area contributed by atoms with Crippen molar-refractivity contribution in [2.24, 2.45) is 5.92 Å². The maximum Gasteiger partial charge on any atom is 0.232 e. The van der Waals surface area contributed by atoms with E-state index >= 15 is 0 Å². The minimum atomic E-state index is -3.20. The molecule has 1 atom stereocenters. The molecule has 2 rings (SSSR count). The Labute approximate surface area is 140 Å². The number of carbonyl (C=O) groups excluding carboxylic acids is 1. The molecule has 1 aliphatic rings. The highest BCUT2D eigenvalue weighted by atomic mass is 32.2. The highest BCUT2D eigenvalue weighted by molar-refractivity contribution is 8.00. The summed E-state index contributed by atoms with van der Waals surface area (Å²) in [5, 5.41) is 0. The molecule has 0 bridgehead atoms. The van der Waals surface area contributed by atoms with Crippen LogP contribution >= 0.6 is 11.8 Å². The molecule has 1 aliphatic heterocycles. The number of nitrogens with one attached hydrogen (secondary N) is 1. The smallest absolute Gasteiger partial charge is 0.232 e. The quantitative estimate of drug-likeness (QED) is 0.784. The summed E-state index contributed by atoms with van der Waals surface area (Å²) in [6.45, 7) is 1.65. The normalized spacial score (nSPS) is 18.9. The Kier molecular flexibility index (Phi) is 6.43. The molecule has 1 amide bonds. The van der Waals surface area contributed by atoms with Gasteiger partial charge in [-0.05, 0) is 43.0 Å². The summed E-state index contributed by atoms with van der Waals surface area (Å²) in [6, 6.07) is 6.06. The zero-order valence-electron chi connectivity index (χ0n) is 13.0. The Morgan fingerprint density at radius 1 is 1.39 bits per heavy atom. The van der Waals surface area contributed by atoms with E-state index in [0.717, 1.165) is 24.0 Å². The van der Waals surface area contributed by atoms with E-state index in [1.165, 1.54) is 23.9 Å². The Morgan fingerprint density at radius 2 is 2.09 bits per heavy atom. The van der Waals surface area contributed by atoms with Crippen molar-refractivity contribution in [1.82, 2.24) is 9.62 Å². The Bertz CT molecular complexity index is 635. The van der Waals surface area contributed by atoms with Gasteiger partial charge >= 0.3 is 0 Å². The fourth-order valence-electron chi connectivity index (χ4n) is 2.49. The Balaban J connectivity index is 1.80. The largest absolute Gasteiger partial charge is 0.342 e. The molecule has 0 spiro atoms. The van der Waals surface area contributed by atoms with Gasteiger partial charge in [0, 0.05) is 24.5 Å². The molecular formula is C15H21FN2O3S2. The molecule has 1 N–H and O–H groups in total. The topological polar surface area (TPSA) is 66.5 Å². The predicted molar refractivity (Wildman–Crippen MR) is 89.3 cm³/mol. The lowest BCUT2D eigenvalue weighted by Gasteiger charge is -2.32. The molecule has 5 nitrogen and oxygen atoms in total. The number of sulfonamides is 1. The van der Waals surface area contributed by atoms with Crippen LogP contribution in [0.4, 0.5) is 4.39 Å². The molecule has 0 aliphatic carbocycles. The third kappa shape index (κ3) is 6.48. The minimum absolute atomic E-state index is 0.0309. The lowest BCUT2D eigenvalue weighted by atomic mass is 9.98. The van der Waals surface area contributed by atoms with Gasteiger partial charge in [0.05, 0.1) is 12.0 Å². The molecule has 23 heavy (non-hydrogen) atoms. The van der Waals surface area contributed by atoms with E-state index in [2.05, 4.69) is 4.72 Å². The highest BCUT2D eigenvalue weighted by Gasteiger charge is 2.24. The minimum Gasteiger partial charge on any atom is -0.342 e. The van der Waals surface area contributed by atoms with Crippen LogP contribution in [0.3, 0.4) is 0 Å². The van der Waals surface area contributed by atoms with Crippen molar-refractivity contribution in [2.75, 3.05) is 31.6 Å². The molecule has 1 aromatic carbocycles. The van der Waals surface area contributed by atoms with Gasteiger partial charge in [0.25, 0.3) is 0 Å². The second kappa shape index (κ2) is 8.12. The fraction of sp³-hybridized carbons (Fsp3) is 0.533. The van der Waals surface area contributed by atoms with Gasteiger partial charge < -0.3 is 4.90 Å². The molecule has 0 aromatic heterocycles. The number of thioether (sulfide) groups is 1. The second-order valence-corrected chi connectivity index (χ2v) is 8.59. The number of likely N-dealkylation sites (tertiary alicyclic amines) is 1. The maximum atomic E-state index is 12.8. The average Bonchev–Trinajstić information content (AvgIpc) is 2.52. The maximum absolute atomic E-state index is 12.8. The summed E-state index contributed by atoms with van der Waals surface area (Å²) < 4.78 is 37.7. The van der Waals surface area contributed by atoms with E-state index in [9.17, 15) is 17.6 Å². The lowest BCUT2D eigenvalue weighted by molar-refractivity contribution is -0.130. The summed E-state index contributed by atoms with van der Waals surface area (Å²) in [6.07, 6.45) is 2.93. The zero-order valence-corrected chi connectivity index (χ0v) is 14.6. The molecule has 1 aromatic rings. The second-order valence-electron chi connectivity index (χ2n) is 5.71. The third-order valence-corrected chi connectivity index (χ3v) is 5.37. The predicted octanol–water partition coefficient (Wildman–Crippen LogP) is 1.71. The zero-order chi connectivity index (χ0) is 16.9. The van der Waals surface area contributed by atoms with E-state index in [0.29, 0.717) is 25.4 Å². The van der Waals surface area contributed by atoms with Crippen LogP contribution in [0, 0.1) is 11.7 Å². The number of benzene rings is 1. The summed E-state index contributed by atoms with van der Waals surface area (Å²) in [5.74, 6) is 0.192. The van der Waals surface area contributed by atoms with Crippen molar-refractivity contribution in [1.29, 1.82) is 0 Å². The van der Waals surface area contributed by atoms with Gasteiger partial charge in [-0.25, -0.2) is 17.5 Å². The van der Waals surface area contributed by atoms with E-state index in [4.69, 9.17) is 0 Å². The van der Waals surface area contributed by atoms with Crippen LogP contribution in [0.2, 0.25) is 0 Å². The Hall–Kier alpha value is -1.12. The number of hydrogen-bond donors (Lipinski definition) is 1. The molecule has 1 saturated heterocycles. The first kappa shape index (κ1) is 18.2. The summed E-state index contributed by atoms with van der Waals surface area (Å²) >= 11 is 1.38. The van der Waals surface area contributed by atoms with Crippen molar-refractivity contribution >= 4 is 27.7 Å². The number of piperidine rings is 1. The van der Waals surface area contributed by atoms with Gasteiger partial charge in [-0.2, -0.15) is 0 Å². The molecule has 128 valence electrons. The van der Waals surface area contributed by atoms with Gasteiger partial charge in [0.1, 0.15) is 5.82 Å². The van der Waals surface area contributed by atoms with Crippen molar-refractivity contribution in [3.63, 3.8) is 0 Å². The SMILES string of the molecule is CS(=O)(=O)NCC1CCCN(C(=O)CSc2ccc(F)cc2)C1. The van der Waals surface area contributed by atoms with E-state index in [1.54, 1.807) is 17.0 Å². The number of rotatable bonds is 6. The monoisotopic (exact) mass is 360 g/mol. The van der Waals surface area contributed by atoms with Crippen molar-refractivity contribution in [3.05, 3.63) is 30.1 Å². The molecule has 1 unspecified atom stereocenters. The van der Waals surface area contributed by atoms with Crippen LogP contribution in [-0.4, -0.2) is 50.9 Å². The van der Waals surface area contributed by atoms with E-state index in [1.807, 2.05) is 0 Å². The first-order chi connectivity index (χ1) is 10.8. The van der Waals surface area contributed by atoms with Crippen molar-refractivity contribution < 1.29 is 17.6 Å². The van der Waals surface area contributed by atoms with Crippen LogP contribution in [0.1, 0.15) is 12.8 Å². The molecule has 0 saturated carbocycles. The van der Waals surface area contributed by atoms with Gasteiger partial charge in [0.15, 0.2) is 0 Å². The van der Waals surface area contributed by atoms with Crippen LogP contribution in [0.15, 0.2) is 29.2 Å². The number of carbonyl (C=O) groups is 1. The Morgan fingerprint density at radius 3 is 2.74 bits per heavy atom. The fourth-order valence-corrected chi connectivity index (χ4v) is 3.83. The number of amides is 1. The number of nitrogens with zero attached hydrogens (tertiary/aromatic N) is 1. The first-order valence-corrected chi connectivity index (χ1v) is 10.3. The molecule has 1 fully saturated rings. The van der Waals surface area contributed by atoms with Crippen LogP contribution in [0.5, 0.6) is 0 Å². The summed E-state index contributed by atoms with van der Waals surface area (Å²) in [7, 11) is -3.20. The van der Waals surface area contributed by atoms with Crippen LogP contribution in [0.25, 0.3) is 0 Å². The van der Waals surface area contributed by atoms with Crippen LogP contribution in [-0.2, 0) is 14.8 Å². The van der Waals surface area contributed by atoms with Gasteiger partial charge in [0.2, 0.25) is 15.9 Å². The number of halogens is 1. The number of hydrogen-bond acceptors (Lipinski definition) is 4. The summed E-state index contributed by atoms with van der Waals surface area (Å²) in [4.78, 5) is 14.9. The summed E-state index contributed by atoms with van der Waals surface area (Å²) in [5.41, 5.74) is 0. The van der Waals surface area contributed by atoms with E-state index < -0.39 is 10.0 Å². The van der Waals surface area contributed by atoms with Crippen molar-refractivity contribution in [3.8, 4) is 0 Å². The standard InChI is InChI=1S/C15H21FN2O3S2/c1-23(20,21)17-9-12-3-2-8-18(10-12)15(19)11-22-14-6-4-13(16)5-7-14/h4-7,12,17H,2-3,8-11H2,1H3. The van der Waals surface area contributed by atoms with Crippen molar-refractivity contribution in [2.45, 2.75) is 17.7 Å². The molecular weight excluding hydrogens is 339 g/mol. The molecule has 8 heteroatoms. The lowest BCUT2D eigenvalue weighted by Crippen LogP contribution is -2.44. The highest BCUT2D eigenvalue weighted by Crippen LogP contribution is 2.21. The van der Waals surface area contributed by atoms with Gasteiger partial charge in [-0.1, -0.05) is 0 Å². The molecule has 0 radical (unpaired) electrons. The van der Waals surface area contributed by atoms with Gasteiger partial charge in [-0.3, -0.25) is 4.79 Å².